The van der Waals surface area contributed by atoms with E-state index in [1.807, 2.05) is 33.3 Å². The van der Waals surface area contributed by atoms with Gasteiger partial charge in [0.1, 0.15) is 19.3 Å². The Hall–Kier alpha value is -3.07. The molecule has 0 aliphatic carbocycles. The molecule has 0 heterocycles. The number of allylic oxidation sites excluding steroid dienone is 15. The molecule has 0 fully saturated rings. The number of carbonyl (C=O) groups is 2. The Morgan fingerprint density at radius 3 is 1.35 bits per heavy atom. The lowest BCUT2D eigenvalue weighted by Gasteiger charge is -2.30. The van der Waals surface area contributed by atoms with Crippen molar-refractivity contribution in [2.45, 2.75) is 258 Å². The van der Waals surface area contributed by atoms with Crippen LogP contribution in [0.2, 0.25) is 0 Å². The van der Waals surface area contributed by atoms with Crippen molar-refractivity contribution in [2.24, 2.45) is 0 Å². The van der Waals surface area contributed by atoms with Gasteiger partial charge in [-0.2, -0.15) is 0 Å². The summed E-state index contributed by atoms with van der Waals surface area (Å²) < 4.78 is 30.2. The van der Waals surface area contributed by atoms with Gasteiger partial charge in [0.05, 0.1) is 33.8 Å². The van der Waals surface area contributed by atoms with Crippen LogP contribution < -0.4 is 10.2 Å². The Kier molecular flexibility index (Phi) is 51.1. The summed E-state index contributed by atoms with van der Waals surface area (Å²) >= 11 is 0. The fourth-order valence-electron chi connectivity index (χ4n) is 8.12. The van der Waals surface area contributed by atoms with E-state index < -0.39 is 32.5 Å². The van der Waals surface area contributed by atoms with Gasteiger partial charge in [-0.05, 0) is 102 Å². The van der Waals surface area contributed by atoms with Gasteiger partial charge in [-0.3, -0.25) is 14.2 Å². The van der Waals surface area contributed by atoms with Crippen molar-refractivity contribution in [3.05, 3.63) is 97.2 Å². The van der Waals surface area contributed by atoms with Gasteiger partial charge < -0.3 is 28.5 Å². The molecule has 0 aliphatic rings. The lowest BCUT2D eigenvalue weighted by Crippen LogP contribution is -2.47. The predicted octanol–water partition coefficient (Wildman–Crippen LogP) is 17.8. The van der Waals surface area contributed by atoms with Crippen molar-refractivity contribution in [3.63, 3.8) is 0 Å². The topological polar surface area (TPSA) is 114 Å². The number of likely N-dealkylation sites (N-methyl/N-ethyl adjacent to an activating group) is 1. The van der Waals surface area contributed by atoms with Gasteiger partial charge >= 0.3 is 5.97 Å². The minimum Gasteiger partial charge on any atom is -0.756 e. The number of hydrogen-bond donors (Lipinski definition) is 1. The third-order valence-electron chi connectivity index (χ3n) is 12.7. The first-order valence-electron chi connectivity index (χ1n) is 30.0. The third kappa shape index (κ3) is 53.7. The molecule has 426 valence electrons. The zero-order valence-corrected chi connectivity index (χ0v) is 49.4. The minimum atomic E-state index is -4.72. The number of nitrogens with zero attached hydrogens (tertiary/aromatic N) is 1. The number of rotatable bonds is 53. The highest BCUT2D eigenvalue weighted by atomic mass is 31.2. The van der Waals surface area contributed by atoms with Crippen LogP contribution in [0, 0.1) is 0 Å². The summed E-state index contributed by atoms with van der Waals surface area (Å²) in [5.74, 6) is -0.618. The maximum atomic E-state index is 13.5. The van der Waals surface area contributed by atoms with E-state index in [9.17, 15) is 19.0 Å². The Labute approximate surface area is 456 Å². The highest BCUT2D eigenvalue weighted by molar-refractivity contribution is 7.45. The second kappa shape index (κ2) is 53.3. The number of hydrogen-bond acceptors (Lipinski definition) is 7. The molecule has 0 bridgehead atoms. The molecule has 1 amide bonds. The van der Waals surface area contributed by atoms with Crippen LogP contribution in [0.25, 0.3) is 0 Å². The average Bonchev–Trinajstić information content (AvgIpc) is 3.36. The smallest absolute Gasteiger partial charge is 0.306 e. The second-order valence-corrected chi connectivity index (χ2v) is 22.5. The number of ether oxygens (including phenoxy) is 1. The molecule has 0 aliphatic heterocycles. The van der Waals surface area contributed by atoms with E-state index in [1.54, 1.807) is 0 Å². The number of unbranched alkanes of at least 4 members (excludes halogenated alkanes) is 23. The Balaban J connectivity index is 5.38. The molecule has 74 heavy (non-hydrogen) atoms. The monoisotopic (exact) mass is 1050 g/mol. The molecule has 0 radical (unpaired) electrons. The van der Waals surface area contributed by atoms with Crippen molar-refractivity contribution < 1.29 is 37.3 Å². The van der Waals surface area contributed by atoms with Crippen molar-refractivity contribution in [2.75, 3.05) is 40.9 Å². The molecule has 0 aromatic rings. The van der Waals surface area contributed by atoms with Gasteiger partial charge in [-0.25, -0.2) is 0 Å². The molecule has 0 aromatic heterocycles. The second-order valence-electron chi connectivity index (χ2n) is 21.1. The standard InChI is InChI=1S/C64H113N2O7P/c1-7-10-13-16-19-22-25-28-30-32-33-35-36-38-41-44-47-50-53-56-63(67)65-61(60-72-74(69,70)71-59-58-66(4,5)6)62(55-52-49-46-43-40-27-24-21-18-15-12-9-3)73-64(68)57-54-51-48-45-42-39-37-34-31-29-26-23-20-17-14-11-8-2/h11,14,19-20,22-23,28-31,37,39,45,48,52,55,61-62H,7-10,12-13,15-18,21,24-27,32-36,38,40-44,46-47,49-51,53-54,56-60H2,1-6H3,(H-,65,67,69,70)/b14-11-,22-19-,23-20-,30-28-,31-29-,39-37-,48-45-,55-52+. The maximum Gasteiger partial charge on any atom is 0.306 e. The molecule has 0 aromatic carbocycles. The van der Waals surface area contributed by atoms with E-state index in [1.165, 1.54) is 109 Å². The van der Waals surface area contributed by atoms with Crippen LogP contribution in [0.1, 0.15) is 245 Å². The predicted molar refractivity (Wildman–Crippen MR) is 316 cm³/mol. The van der Waals surface area contributed by atoms with Gasteiger partial charge in [0.2, 0.25) is 5.91 Å². The number of phosphoric acid groups is 1. The van der Waals surface area contributed by atoms with Gasteiger partial charge in [-0.15, -0.1) is 0 Å². The minimum absolute atomic E-state index is 0.0362. The zero-order chi connectivity index (χ0) is 54.3. The lowest BCUT2D eigenvalue weighted by molar-refractivity contribution is -0.870. The molecule has 1 N–H and O–H groups in total. The van der Waals surface area contributed by atoms with E-state index in [2.05, 4.69) is 111 Å². The molecule has 0 rings (SSSR count). The highest BCUT2D eigenvalue weighted by Crippen LogP contribution is 2.38. The van der Waals surface area contributed by atoms with Crippen LogP contribution in [-0.2, 0) is 27.9 Å². The molecule has 0 spiro atoms. The zero-order valence-electron chi connectivity index (χ0n) is 48.5. The largest absolute Gasteiger partial charge is 0.756 e. The molecular weight excluding hydrogens is 940 g/mol. The molecule has 0 saturated carbocycles. The van der Waals surface area contributed by atoms with Crippen molar-refractivity contribution in [1.29, 1.82) is 0 Å². The summed E-state index contributed by atoms with van der Waals surface area (Å²) in [4.78, 5) is 39.9. The average molecular weight is 1050 g/mol. The summed E-state index contributed by atoms with van der Waals surface area (Å²) in [7, 11) is 1.14. The molecule has 3 atom stereocenters. The van der Waals surface area contributed by atoms with Crippen LogP contribution in [0.3, 0.4) is 0 Å². The van der Waals surface area contributed by atoms with Gasteiger partial charge in [0.25, 0.3) is 7.82 Å². The molecule has 9 nitrogen and oxygen atoms in total. The van der Waals surface area contributed by atoms with Gasteiger partial charge in [-0.1, -0.05) is 227 Å². The van der Waals surface area contributed by atoms with Gasteiger partial charge in [0, 0.05) is 12.8 Å². The van der Waals surface area contributed by atoms with Crippen LogP contribution >= 0.6 is 7.82 Å². The SMILES string of the molecule is CC/C=C\C/C=C\C/C=C\C/C=C\C/C=C\CCCC(=O)OC(/C=C/CCCCCCCCCCCC)C(COP(=O)([O-])OCC[N+](C)(C)C)NC(=O)CCCCCCCCCCC/C=C\C/C=C\CCCCC. The van der Waals surface area contributed by atoms with Crippen molar-refractivity contribution >= 4 is 19.7 Å². The van der Waals surface area contributed by atoms with Crippen LogP contribution in [0.5, 0.6) is 0 Å². The van der Waals surface area contributed by atoms with E-state index in [0.717, 1.165) is 96.3 Å². The van der Waals surface area contributed by atoms with Gasteiger partial charge in [0.15, 0.2) is 0 Å². The molecular formula is C64H113N2O7P. The Morgan fingerprint density at radius 2 is 0.878 bits per heavy atom. The number of esters is 1. The Morgan fingerprint density at radius 1 is 0.486 bits per heavy atom. The van der Waals surface area contributed by atoms with E-state index in [0.29, 0.717) is 23.9 Å². The third-order valence-corrected chi connectivity index (χ3v) is 13.7. The van der Waals surface area contributed by atoms with Crippen LogP contribution in [0.4, 0.5) is 0 Å². The van der Waals surface area contributed by atoms with E-state index in [4.69, 9.17) is 13.8 Å². The first kappa shape index (κ1) is 70.9. The maximum absolute atomic E-state index is 13.5. The number of carbonyl (C=O) groups excluding carboxylic acids is 2. The van der Waals surface area contributed by atoms with Crippen molar-refractivity contribution in [1.82, 2.24) is 5.32 Å². The summed E-state index contributed by atoms with van der Waals surface area (Å²) in [6.45, 7) is 6.65. The molecule has 0 saturated heterocycles. The fourth-order valence-corrected chi connectivity index (χ4v) is 8.84. The van der Waals surface area contributed by atoms with Crippen LogP contribution in [0.15, 0.2) is 97.2 Å². The summed E-state index contributed by atoms with van der Waals surface area (Å²) in [6.07, 6.45) is 70.9. The first-order valence-corrected chi connectivity index (χ1v) is 31.5. The number of quaternary nitrogens is 1. The van der Waals surface area contributed by atoms with E-state index >= 15 is 0 Å². The summed E-state index contributed by atoms with van der Waals surface area (Å²) in [6, 6.07) is -0.918. The van der Waals surface area contributed by atoms with Crippen LogP contribution in [-0.4, -0.2) is 69.4 Å². The highest BCUT2D eigenvalue weighted by Gasteiger charge is 2.27. The number of amides is 1. The first-order chi connectivity index (χ1) is 35.9. The summed E-state index contributed by atoms with van der Waals surface area (Å²) in [5.41, 5.74) is 0. The Bertz CT molecular complexity index is 1590. The molecule has 3 unspecified atom stereocenters. The summed E-state index contributed by atoms with van der Waals surface area (Å²) in [5, 5.41) is 3.01. The molecule has 10 heteroatoms. The lowest BCUT2D eigenvalue weighted by atomic mass is 10.0. The number of phosphoric ester groups is 1. The van der Waals surface area contributed by atoms with Crippen molar-refractivity contribution in [3.8, 4) is 0 Å². The fraction of sp³-hybridized carbons (Fsp3) is 0.719. The number of nitrogens with one attached hydrogen (secondary N) is 1. The van der Waals surface area contributed by atoms with E-state index in [-0.39, 0.29) is 18.9 Å². The quantitative estimate of drug-likeness (QED) is 0.0212. The normalized spacial score (nSPS) is 14.4.